The highest BCUT2D eigenvalue weighted by Gasteiger charge is 2.31. The van der Waals surface area contributed by atoms with Crippen molar-refractivity contribution in [1.29, 1.82) is 0 Å². The van der Waals surface area contributed by atoms with Gasteiger partial charge in [0.05, 0.1) is 5.69 Å². The maximum absolute atomic E-state index is 11.3. The molecule has 1 atom stereocenters. The first-order valence-corrected chi connectivity index (χ1v) is 7.81. The summed E-state index contributed by atoms with van der Waals surface area (Å²) < 4.78 is 0. The maximum atomic E-state index is 11.3. The van der Waals surface area contributed by atoms with Gasteiger partial charge in [0, 0.05) is 10.4 Å². The highest BCUT2D eigenvalue weighted by molar-refractivity contribution is 7.15. The Kier molecular flexibility index (Phi) is 4.13. The van der Waals surface area contributed by atoms with Crippen LogP contribution in [0.5, 0.6) is 0 Å². The molecule has 1 unspecified atom stereocenters. The molecule has 0 radical (unpaired) electrons. The number of nitrogens with one attached hydrogen (secondary N) is 1. The van der Waals surface area contributed by atoms with E-state index >= 15 is 0 Å². The number of aliphatic carboxylic acids is 1. The van der Waals surface area contributed by atoms with Gasteiger partial charge in [-0.25, -0.2) is 4.98 Å². The predicted molar refractivity (Wildman–Crippen MR) is 78.0 cm³/mol. The molecule has 2 N–H and O–H groups in total. The van der Waals surface area contributed by atoms with Crippen LogP contribution in [0.1, 0.15) is 62.9 Å². The lowest BCUT2D eigenvalue weighted by Gasteiger charge is -2.27. The molecular formula is C14H22N2O2S. The number of aromatic nitrogens is 1. The fraction of sp³-hybridized carbons (Fsp3) is 0.714. The van der Waals surface area contributed by atoms with Gasteiger partial charge in [-0.15, -0.1) is 11.3 Å². The topological polar surface area (TPSA) is 62.2 Å². The molecule has 0 saturated carbocycles. The number of anilines is 1. The second-order valence-electron chi connectivity index (χ2n) is 5.50. The van der Waals surface area contributed by atoms with Gasteiger partial charge >= 0.3 is 5.97 Å². The smallest absolute Gasteiger partial charge is 0.312 e. The van der Waals surface area contributed by atoms with Crippen molar-refractivity contribution in [2.24, 2.45) is 0 Å². The van der Waals surface area contributed by atoms with Crippen LogP contribution in [0, 0.1) is 0 Å². The quantitative estimate of drug-likeness (QED) is 0.865. The molecule has 0 aliphatic heterocycles. The van der Waals surface area contributed by atoms with Crippen molar-refractivity contribution >= 4 is 22.4 Å². The van der Waals surface area contributed by atoms with Crippen LogP contribution in [0.15, 0.2) is 0 Å². The molecule has 5 heteroatoms. The normalized spacial score (nSPS) is 19.0. The molecule has 1 aliphatic rings. The maximum Gasteiger partial charge on any atom is 0.312 e. The number of carboxylic acid groups (broad SMARTS) is 1. The van der Waals surface area contributed by atoms with Crippen LogP contribution in [0.2, 0.25) is 0 Å². The van der Waals surface area contributed by atoms with Crippen molar-refractivity contribution < 1.29 is 9.90 Å². The summed E-state index contributed by atoms with van der Waals surface area (Å²) in [6, 6.07) is 0. The summed E-state index contributed by atoms with van der Waals surface area (Å²) in [5.74, 6) is -1.16. The molecule has 19 heavy (non-hydrogen) atoms. The Hall–Kier alpha value is -1.10. The molecule has 0 saturated heterocycles. The SMILES string of the molecule is CCC(C)(CC)Nc1nc2c(s1)CCCC2C(=O)O. The van der Waals surface area contributed by atoms with Crippen LogP contribution in [0.25, 0.3) is 0 Å². The molecular weight excluding hydrogens is 260 g/mol. The van der Waals surface area contributed by atoms with E-state index in [9.17, 15) is 9.90 Å². The van der Waals surface area contributed by atoms with Gasteiger partial charge in [0.2, 0.25) is 0 Å². The van der Waals surface area contributed by atoms with Crippen molar-refractivity contribution in [1.82, 2.24) is 4.98 Å². The van der Waals surface area contributed by atoms with Crippen molar-refractivity contribution in [3.05, 3.63) is 10.6 Å². The first-order valence-electron chi connectivity index (χ1n) is 6.99. The monoisotopic (exact) mass is 282 g/mol. The molecule has 106 valence electrons. The number of carboxylic acids is 1. The summed E-state index contributed by atoms with van der Waals surface area (Å²) in [4.78, 5) is 17.0. The minimum Gasteiger partial charge on any atom is -0.481 e. The van der Waals surface area contributed by atoms with Gasteiger partial charge < -0.3 is 10.4 Å². The number of aryl methyl sites for hydroxylation is 1. The Morgan fingerprint density at radius 2 is 2.21 bits per heavy atom. The minimum absolute atomic E-state index is 0.0408. The Balaban J connectivity index is 2.24. The van der Waals surface area contributed by atoms with E-state index in [1.54, 1.807) is 11.3 Å². The van der Waals surface area contributed by atoms with Crippen LogP contribution < -0.4 is 5.32 Å². The van der Waals surface area contributed by atoms with Gasteiger partial charge in [-0.2, -0.15) is 0 Å². The molecule has 0 bridgehead atoms. The van der Waals surface area contributed by atoms with Gasteiger partial charge in [0.25, 0.3) is 0 Å². The zero-order chi connectivity index (χ0) is 14.0. The molecule has 0 amide bonds. The van der Waals surface area contributed by atoms with Crippen molar-refractivity contribution in [3.63, 3.8) is 0 Å². The van der Waals surface area contributed by atoms with Crippen LogP contribution in [-0.4, -0.2) is 21.6 Å². The molecule has 0 fully saturated rings. The zero-order valence-electron chi connectivity index (χ0n) is 11.8. The van der Waals surface area contributed by atoms with E-state index in [1.807, 2.05) is 0 Å². The first kappa shape index (κ1) is 14.3. The van der Waals surface area contributed by atoms with E-state index in [4.69, 9.17) is 0 Å². The predicted octanol–water partition coefficient (Wildman–Crippen LogP) is 3.64. The Bertz CT molecular complexity index is 466. The van der Waals surface area contributed by atoms with E-state index in [-0.39, 0.29) is 5.54 Å². The molecule has 1 heterocycles. The Morgan fingerprint density at radius 1 is 1.53 bits per heavy atom. The van der Waals surface area contributed by atoms with E-state index in [0.29, 0.717) is 6.42 Å². The lowest BCUT2D eigenvalue weighted by Crippen LogP contribution is -2.32. The van der Waals surface area contributed by atoms with E-state index in [1.165, 1.54) is 0 Å². The molecule has 2 rings (SSSR count). The second-order valence-corrected chi connectivity index (χ2v) is 6.59. The highest BCUT2D eigenvalue weighted by Crippen LogP contribution is 2.38. The number of fused-ring (bicyclic) bond motifs is 1. The van der Waals surface area contributed by atoms with Crippen molar-refractivity contribution in [3.8, 4) is 0 Å². The highest BCUT2D eigenvalue weighted by atomic mass is 32.1. The average molecular weight is 282 g/mol. The van der Waals surface area contributed by atoms with Crippen LogP contribution in [-0.2, 0) is 11.2 Å². The molecule has 4 nitrogen and oxygen atoms in total. The Labute approximate surface area is 118 Å². The molecule has 1 aliphatic carbocycles. The second kappa shape index (κ2) is 5.49. The number of carbonyl (C=O) groups is 1. The van der Waals surface area contributed by atoms with Crippen LogP contribution >= 0.6 is 11.3 Å². The van der Waals surface area contributed by atoms with Gasteiger partial charge in [-0.1, -0.05) is 13.8 Å². The number of hydrogen-bond donors (Lipinski definition) is 2. The van der Waals surface area contributed by atoms with Crippen molar-refractivity contribution in [2.45, 2.75) is 64.3 Å². The number of rotatable bonds is 5. The molecule has 1 aromatic rings. The molecule has 0 aromatic carbocycles. The van der Waals surface area contributed by atoms with E-state index in [0.717, 1.165) is 41.4 Å². The lowest BCUT2D eigenvalue weighted by atomic mass is 9.91. The van der Waals surface area contributed by atoms with Crippen LogP contribution in [0.3, 0.4) is 0 Å². The standard InChI is InChI=1S/C14H22N2O2S/c1-4-14(3,5-2)16-13-15-11-9(12(17)18)7-6-8-10(11)19-13/h9H,4-8H2,1-3H3,(H,15,16)(H,17,18). The number of nitrogens with zero attached hydrogens (tertiary/aromatic N) is 1. The summed E-state index contributed by atoms with van der Waals surface area (Å²) >= 11 is 1.63. The van der Waals surface area contributed by atoms with Crippen LogP contribution in [0.4, 0.5) is 5.13 Å². The summed E-state index contributed by atoms with van der Waals surface area (Å²) in [5, 5.41) is 13.6. The number of thiazole rings is 1. The average Bonchev–Trinajstić information content (AvgIpc) is 2.79. The fourth-order valence-corrected chi connectivity index (χ4v) is 3.61. The van der Waals surface area contributed by atoms with Gasteiger partial charge in [0.15, 0.2) is 5.13 Å². The summed E-state index contributed by atoms with van der Waals surface area (Å²) in [6.45, 7) is 6.50. The Morgan fingerprint density at radius 3 is 2.79 bits per heavy atom. The van der Waals surface area contributed by atoms with E-state index in [2.05, 4.69) is 31.1 Å². The van der Waals surface area contributed by atoms with Crippen molar-refractivity contribution in [2.75, 3.05) is 5.32 Å². The largest absolute Gasteiger partial charge is 0.481 e. The third kappa shape index (κ3) is 2.91. The van der Waals surface area contributed by atoms with Gasteiger partial charge in [-0.3, -0.25) is 4.79 Å². The minimum atomic E-state index is -0.744. The summed E-state index contributed by atoms with van der Waals surface area (Å²) in [7, 11) is 0. The first-order chi connectivity index (χ1) is 8.99. The summed E-state index contributed by atoms with van der Waals surface area (Å²) in [5.41, 5.74) is 0.833. The lowest BCUT2D eigenvalue weighted by molar-refractivity contribution is -0.139. The third-order valence-corrected chi connectivity index (χ3v) is 5.27. The van der Waals surface area contributed by atoms with Gasteiger partial charge in [0.1, 0.15) is 5.92 Å². The fourth-order valence-electron chi connectivity index (χ4n) is 2.40. The molecule has 1 aromatic heterocycles. The third-order valence-electron chi connectivity index (χ3n) is 4.22. The molecule has 0 spiro atoms. The van der Waals surface area contributed by atoms with E-state index < -0.39 is 11.9 Å². The number of hydrogen-bond acceptors (Lipinski definition) is 4. The zero-order valence-corrected chi connectivity index (χ0v) is 12.6. The van der Waals surface area contributed by atoms with Gasteiger partial charge in [-0.05, 0) is 39.0 Å². The summed E-state index contributed by atoms with van der Waals surface area (Å²) in [6.07, 6.45) is 4.67.